The fourth-order valence-corrected chi connectivity index (χ4v) is 2.17. The van der Waals surface area contributed by atoms with Crippen molar-refractivity contribution in [2.75, 3.05) is 19.5 Å². The van der Waals surface area contributed by atoms with Crippen LogP contribution in [0, 0.1) is 0 Å². The Bertz CT molecular complexity index is 821. The van der Waals surface area contributed by atoms with Crippen LogP contribution in [-0.2, 0) is 0 Å². The molecule has 0 aliphatic carbocycles. The molecule has 1 aromatic heterocycles. The van der Waals surface area contributed by atoms with Crippen LogP contribution in [0.5, 0.6) is 17.2 Å². The van der Waals surface area contributed by atoms with E-state index in [-0.39, 0.29) is 5.75 Å². The maximum atomic E-state index is 9.95. The van der Waals surface area contributed by atoms with Crippen molar-refractivity contribution in [1.29, 1.82) is 0 Å². The number of ether oxygens (including phenoxy) is 2. The molecule has 0 radical (unpaired) electrons. The maximum Gasteiger partial charge on any atom is 0.162 e. The number of hydrogen-bond acceptors (Lipinski definition) is 6. The van der Waals surface area contributed by atoms with Crippen LogP contribution in [0.4, 0.5) is 11.5 Å². The first-order chi connectivity index (χ1) is 10.7. The zero-order valence-electron chi connectivity index (χ0n) is 12.2. The molecule has 0 saturated heterocycles. The number of anilines is 2. The lowest BCUT2D eigenvalue weighted by molar-refractivity contribution is 0.374. The first kappa shape index (κ1) is 13.9. The van der Waals surface area contributed by atoms with Crippen molar-refractivity contribution in [3.05, 3.63) is 42.7 Å². The number of benzene rings is 2. The van der Waals surface area contributed by atoms with Gasteiger partial charge in [0.25, 0.3) is 0 Å². The van der Waals surface area contributed by atoms with Crippen molar-refractivity contribution in [3.8, 4) is 17.2 Å². The zero-order chi connectivity index (χ0) is 15.5. The number of nitrogens with zero attached hydrogens (tertiary/aromatic N) is 2. The van der Waals surface area contributed by atoms with Gasteiger partial charge in [-0.15, -0.1) is 0 Å². The molecule has 112 valence electrons. The minimum atomic E-state index is 0.0403. The average Bonchev–Trinajstić information content (AvgIpc) is 2.55. The molecule has 0 unspecified atom stereocenters. The molecule has 0 fully saturated rings. The van der Waals surface area contributed by atoms with Gasteiger partial charge in [-0.3, -0.25) is 0 Å². The third-order valence-corrected chi connectivity index (χ3v) is 3.27. The molecule has 0 atom stereocenters. The number of aromatic hydroxyl groups is 1. The van der Waals surface area contributed by atoms with E-state index in [0.29, 0.717) is 22.5 Å². The molecule has 2 N–H and O–H groups in total. The molecule has 6 heteroatoms. The van der Waals surface area contributed by atoms with Crippen LogP contribution in [0.15, 0.2) is 42.7 Å². The molecule has 1 heterocycles. The Hall–Kier alpha value is -3.02. The number of phenols is 1. The van der Waals surface area contributed by atoms with Gasteiger partial charge < -0.3 is 19.9 Å². The second-order valence-corrected chi connectivity index (χ2v) is 4.62. The highest BCUT2D eigenvalue weighted by atomic mass is 16.5. The van der Waals surface area contributed by atoms with E-state index in [1.54, 1.807) is 19.2 Å². The Balaban J connectivity index is 2.05. The largest absolute Gasteiger partial charge is 0.504 e. The highest BCUT2D eigenvalue weighted by Crippen LogP contribution is 2.33. The van der Waals surface area contributed by atoms with E-state index in [1.165, 1.54) is 13.4 Å². The van der Waals surface area contributed by atoms with Crippen LogP contribution in [0.1, 0.15) is 0 Å². The molecule has 22 heavy (non-hydrogen) atoms. The van der Waals surface area contributed by atoms with E-state index in [0.717, 1.165) is 11.4 Å². The fourth-order valence-electron chi connectivity index (χ4n) is 2.17. The first-order valence-corrected chi connectivity index (χ1v) is 6.64. The Labute approximate surface area is 127 Å². The third-order valence-electron chi connectivity index (χ3n) is 3.27. The molecular weight excluding hydrogens is 282 g/mol. The molecule has 0 bridgehead atoms. The molecule has 0 amide bonds. The number of fused-ring (bicyclic) bond motifs is 1. The average molecular weight is 297 g/mol. The van der Waals surface area contributed by atoms with Crippen LogP contribution in [0.2, 0.25) is 0 Å². The Morgan fingerprint density at radius 1 is 1.05 bits per heavy atom. The molecule has 0 spiro atoms. The summed E-state index contributed by atoms with van der Waals surface area (Å²) in [5.74, 6) is 1.75. The van der Waals surface area contributed by atoms with Crippen molar-refractivity contribution in [3.63, 3.8) is 0 Å². The molecule has 0 aliphatic heterocycles. The fraction of sp³-hybridized carbons (Fsp3) is 0.125. The number of hydrogen-bond donors (Lipinski definition) is 2. The lowest BCUT2D eigenvalue weighted by Gasteiger charge is -2.11. The van der Waals surface area contributed by atoms with Crippen LogP contribution in [-0.4, -0.2) is 29.3 Å². The van der Waals surface area contributed by atoms with E-state index >= 15 is 0 Å². The van der Waals surface area contributed by atoms with Crippen LogP contribution < -0.4 is 14.8 Å². The third kappa shape index (κ3) is 2.58. The molecule has 6 nitrogen and oxygen atoms in total. The summed E-state index contributed by atoms with van der Waals surface area (Å²) in [5.41, 5.74) is 1.50. The highest BCUT2D eigenvalue weighted by Gasteiger charge is 2.10. The molecular formula is C16H15N3O3. The molecule has 0 saturated carbocycles. The van der Waals surface area contributed by atoms with E-state index in [1.807, 2.05) is 24.3 Å². The predicted molar refractivity (Wildman–Crippen MR) is 84.0 cm³/mol. The monoisotopic (exact) mass is 297 g/mol. The lowest BCUT2D eigenvalue weighted by atomic mass is 10.2. The smallest absolute Gasteiger partial charge is 0.162 e. The highest BCUT2D eigenvalue weighted by molar-refractivity contribution is 5.92. The van der Waals surface area contributed by atoms with Crippen LogP contribution >= 0.6 is 0 Å². The van der Waals surface area contributed by atoms with Gasteiger partial charge >= 0.3 is 0 Å². The predicted octanol–water partition coefficient (Wildman–Crippen LogP) is 3.10. The molecule has 3 aromatic rings. The molecule has 2 aromatic carbocycles. The Kier molecular flexibility index (Phi) is 3.65. The number of aromatic nitrogens is 2. The summed E-state index contributed by atoms with van der Waals surface area (Å²) in [7, 11) is 3.11. The minimum absolute atomic E-state index is 0.0403. The van der Waals surface area contributed by atoms with Gasteiger partial charge in [0.05, 0.1) is 19.7 Å². The van der Waals surface area contributed by atoms with Gasteiger partial charge in [0.2, 0.25) is 0 Å². The van der Waals surface area contributed by atoms with Crippen molar-refractivity contribution >= 4 is 22.4 Å². The summed E-state index contributed by atoms with van der Waals surface area (Å²) >= 11 is 0. The number of phenolic OH excluding ortho intramolecular Hbond substituents is 1. The van der Waals surface area contributed by atoms with E-state index in [9.17, 15) is 5.11 Å². The van der Waals surface area contributed by atoms with Crippen molar-refractivity contribution in [2.45, 2.75) is 0 Å². The topological polar surface area (TPSA) is 76.5 Å². The molecule has 0 aliphatic rings. The van der Waals surface area contributed by atoms with Crippen molar-refractivity contribution in [2.24, 2.45) is 0 Å². The normalized spacial score (nSPS) is 10.5. The second-order valence-electron chi connectivity index (χ2n) is 4.62. The van der Waals surface area contributed by atoms with Crippen molar-refractivity contribution in [1.82, 2.24) is 9.97 Å². The summed E-state index contributed by atoms with van der Waals surface area (Å²) < 4.78 is 10.3. The van der Waals surface area contributed by atoms with Gasteiger partial charge in [0.15, 0.2) is 11.5 Å². The summed E-state index contributed by atoms with van der Waals surface area (Å²) in [4.78, 5) is 8.44. The quantitative estimate of drug-likeness (QED) is 0.770. The van der Waals surface area contributed by atoms with Gasteiger partial charge in [-0.2, -0.15) is 0 Å². The van der Waals surface area contributed by atoms with Crippen LogP contribution in [0.25, 0.3) is 10.9 Å². The van der Waals surface area contributed by atoms with Gasteiger partial charge in [-0.05, 0) is 18.2 Å². The number of nitrogens with one attached hydrogen (secondary N) is 1. The van der Waals surface area contributed by atoms with E-state index < -0.39 is 0 Å². The number of rotatable bonds is 4. The van der Waals surface area contributed by atoms with Gasteiger partial charge in [0, 0.05) is 23.2 Å². The van der Waals surface area contributed by atoms with Gasteiger partial charge in [0.1, 0.15) is 17.9 Å². The summed E-state index contributed by atoms with van der Waals surface area (Å²) in [6, 6.07) is 10.8. The zero-order valence-corrected chi connectivity index (χ0v) is 12.2. The second kappa shape index (κ2) is 5.77. The standard InChI is InChI=1S/C16H15N3O3/c1-21-11-5-3-4-10(6-11)19-16-12-7-14(20)15(22-2)8-13(12)17-9-18-16/h3-9,20H,1-2H3,(H,17,18,19). The van der Waals surface area contributed by atoms with E-state index in [2.05, 4.69) is 15.3 Å². The summed E-state index contributed by atoms with van der Waals surface area (Å²) in [5, 5.41) is 13.9. The van der Waals surface area contributed by atoms with E-state index in [4.69, 9.17) is 9.47 Å². The van der Waals surface area contributed by atoms with Gasteiger partial charge in [-0.25, -0.2) is 9.97 Å². The molecule has 3 rings (SSSR count). The summed E-state index contributed by atoms with van der Waals surface area (Å²) in [6.45, 7) is 0. The minimum Gasteiger partial charge on any atom is -0.504 e. The van der Waals surface area contributed by atoms with Crippen molar-refractivity contribution < 1.29 is 14.6 Å². The number of methoxy groups -OCH3 is 2. The SMILES string of the molecule is COc1cccc(Nc2ncnc3cc(OC)c(O)cc23)c1. The Morgan fingerprint density at radius 3 is 2.68 bits per heavy atom. The lowest BCUT2D eigenvalue weighted by Crippen LogP contribution is -1.97. The van der Waals surface area contributed by atoms with Gasteiger partial charge in [-0.1, -0.05) is 6.07 Å². The van der Waals surface area contributed by atoms with Crippen LogP contribution in [0.3, 0.4) is 0 Å². The first-order valence-electron chi connectivity index (χ1n) is 6.64. The maximum absolute atomic E-state index is 9.95. The summed E-state index contributed by atoms with van der Waals surface area (Å²) in [6.07, 6.45) is 1.46. The Morgan fingerprint density at radius 2 is 1.91 bits per heavy atom.